The number of ether oxygens (including phenoxy) is 1. The maximum atomic E-state index is 13.1. The van der Waals surface area contributed by atoms with E-state index >= 15 is 0 Å². The van der Waals surface area contributed by atoms with Gasteiger partial charge in [0.1, 0.15) is 11.7 Å². The van der Waals surface area contributed by atoms with Crippen LogP contribution < -0.4 is 10.6 Å². The number of nitrogens with zero attached hydrogens (tertiary/aromatic N) is 2. The zero-order valence-electron chi connectivity index (χ0n) is 21.7. The molecule has 204 valence electrons. The first-order valence-corrected chi connectivity index (χ1v) is 14.4. The Hall–Kier alpha value is -2.92. The molecular weight excluding hydrogens is 528 g/mol. The van der Waals surface area contributed by atoms with Crippen LogP contribution in [-0.2, 0) is 26.6 Å². The van der Waals surface area contributed by atoms with Crippen LogP contribution in [0.5, 0.6) is 0 Å². The van der Waals surface area contributed by atoms with Crippen molar-refractivity contribution in [3.05, 3.63) is 65.3 Å². The number of amides is 2. The van der Waals surface area contributed by atoms with E-state index in [1.165, 1.54) is 28.6 Å². The Kier molecular flexibility index (Phi) is 8.77. The minimum atomic E-state index is -3.72. The number of aromatic nitrogens is 1. The molecule has 0 bridgehead atoms. The molecule has 1 aliphatic rings. The summed E-state index contributed by atoms with van der Waals surface area (Å²) >= 11 is 5.89. The summed E-state index contributed by atoms with van der Waals surface area (Å²) in [7, 11) is -1.90. The molecule has 1 aliphatic heterocycles. The molecule has 0 saturated carbocycles. The number of halogens is 1. The van der Waals surface area contributed by atoms with Gasteiger partial charge in [0.25, 0.3) is 5.91 Å². The van der Waals surface area contributed by atoms with Gasteiger partial charge < -0.3 is 19.9 Å². The SMILES string of the molecule is CC(C)C[C@H](NC(=O)c1cc2ccccc2n1C)C(=O)NCC1CN(S(=O)(=O)c2ccc(Cl)cc2)CCO1. The highest BCUT2D eigenvalue weighted by atomic mass is 35.5. The fraction of sp³-hybridized carbons (Fsp3) is 0.407. The summed E-state index contributed by atoms with van der Waals surface area (Å²) in [6, 6.07) is 14.8. The zero-order chi connectivity index (χ0) is 27.4. The van der Waals surface area contributed by atoms with Gasteiger partial charge in [-0.15, -0.1) is 0 Å². The number of sulfonamides is 1. The van der Waals surface area contributed by atoms with Crippen LogP contribution in [0.3, 0.4) is 0 Å². The van der Waals surface area contributed by atoms with E-state index in [-0.39, 0.29) is 48.9 Å². The van der Waals surface area contributed by atoms with Gasteiger partial charge >= 0.3 is 0 Å². The van der Waals surface area contributed by atoms with Crippen LogP contribution >= 0.6 is 11.6 Å². The van der Waals surface area contributed by atoms with Crippen molar-refractivity contribution in [3.8, 4) is 0 Å². The van der Waals surface area contributed by atoms with Gasteiger partial charge in [-0.25, -0.2) is 8.42 Å². The number of morpholine rings is 1. The second kappa shape index (κ2) is 11.9. The molecular formula is C27H33ClN4O5S. The molecule has 2 heterocycles. The number of aryl methyl sites for hydroxylation is 1. The molecule has 1 unspecified atom stereocenters. The Labute approximate surface area is 228 Å². The fourth-order valence-electron chi connectivity index (χ4n) is 4.57. The van der Waals surface area contributed by atoms with Gasteiger partial charge in [-0.1, -0.05) is 43.6 Å². The van der Waals surface area contributed by atoms with Crippen molar-refractivity contribution in [2.24, 2.45) is 13.0 Å². The average Bonchev–Trinajstić information content (AvgIpc) is 3.23. The number of nitrogens with one attached hydrogen (secondary N) is 2. The summed E-state index contributed by atoms with van der Waals surface area (Å²) in [5.41, 5.74) is 1.39. The lowest BCUT2D eigenvalue weighted by atomic mass is 10.0. The topological polar surface area (TPSA) is 110 Å². The van der Waals surface area contributed by atoms with Crippen molar-refractivity contribution in [3.63, 3.8) is 0 Å². The normalized spacial score (nSPS) is 17.4. The van der Waals surface area contributed by atoms with E-state index in [9.17, 15) is 18.0 Å². The molecule has 0 spiro atoms. The summed E-state index contributed by atoms with van der Waals surface area (Å²) in [5.74, 6) is -0.518. The molecule has 2 aromatic carbocycles. The predicted molar refractivity (Wildman–Crippen MR) is 147 cm³/mol. The Morgan fingerprint density at radius 1 is 1.13 bits per heavy atom. The Bertz CT molecular complexity index is 1400. The van der Waals surface area contributed by atoms with E-state index in [0.717, 1.165) is 10.9 Å². The minimum absolute atomic E-state index is 0.0996. The molecule has 4 rings (SSSR count). The van der Waals surface area contributed by atoms with Gasteiger partial charge in [0.2, 0.25) is 15.9 Å². The molecule has 1 fully saturated rings. The lowest BCUT2D eigenvalue weighted by molar-refractivity contribution is -0.124. The standard InChI is InChI=1S/C27H33ClN4O5S/c1-18(2)14-23(30-27(34)25-15-19-6-4-5-7-24(19)31(25)3)26(33)29-16-21-17-32(12-13-37-21)38(35,36)22-10-8-20(28)9-11-22/h4-11,15,18,21,23H,12-14,16-17H2,1-3H3,(H,29,33)(H,30,34)/t21?,23-/m0/s1. The van der Waals surface area contributed by atoms with Crippen molar-refractivity contribution >= 4 is 44.3 Å². The number of fused-ring (bicyclic) bond motifs is 1. The number of carbonyl (C=O) groups is 2. The summed E-state index contributed by atoms with van der Waals surface area (Å²) in [6.45, 7) is 4.60. The third-order valence-electron chi connectivity index (χ3n) is 6.57. The molecule has 1 aromatic heterocycles. The van der Waals surface area contributed by atoms with E-state index in [1.54, 1.807) is 10.6 Å². The lowest BCUT2D eigenvalue weighted by Crippen LogP contribution is -2.53. The summed E-state index contributed by atoms with van der Waals surface area (Å²) < 4.78 is 35.0. The second-order valence-electron chi connectivity index (χ2n) is 9.86. The number of rotatable bonds is 9. The van der Waals surface area contributed by atoms with Crippen LogP contribution in [0.15, 0.2) is 59.5 Å². The van der Waals surface area contributed by atoms with Gasteiger partial charge in [0.15, 0.2) is 0 Å². The van der Waals surface area contributed by atoms with Crippen LogP contribution in [0.25, 0.3) is 10.9 Å². The first-order chi connectivity index (χ1) is 18.1. The molecule has 9 nitrogen and oxygen atoms in total. The predicted octanol–water partition coefficient (Wildman–Crippen LogP) is 3.18. The van der Waals surface area contributed by atoms with E-state index < -0.39 is 22.2 Å². The lowest BCUT2D eigenvalue weighted by Gasteiger charge is -2.32. The number of para-hydroxylation sites is 1. The van der Waals surface area contributed by atoms with Crippen LogP contribution in [0, 0.1) is 5.92 Å². The summed E-state index contributed by atoms with van der Waals surface area (Å²) in [5, 5.41) is 7.13. The van der Waals surface area contributed by atoms with Gasteiger partial charge in [-0.2, -0.15) is 4.31 Å². The molecule has 0 aliphatic carbocycles. The van der Waals surface area contributed by atoms with Crippen LogP contribution in [0.1, 0.15) is 30.8 Å². The largest absolute Gasteiger partial charge is 0.374 e. The highest BCUT2D eigenvalue weighted by Gasteiger charge is 2.32. The molecule has 2 amide bonds. The summed E-state index contributed by atoms with van der Waals surface area (Å²) in [4.78, 5) is 26.4. The van der Waals surface area contributed by atoms with Crippen molar-refractivity contribution in [1.29, 1.82) is 0 Å². The van der Waals surface area contributed by atoms with E-state index in [4.69, 9.17) is 16.3 Å². The Morgan fingerprint density at radius 3 is 2.53 bits per heavy atom. The zero-order valence-corrected chi connectivity index (χ0v) is 23.3. The van der Waals surface area contributed by atoms with E-state index in [0.29, 0.717) is 17.1 Å². The third kappa shape index (κ3) is 6.37. The first-order valence-electron chi connectivity index (χ1n) is 12.6. The maximum Gasteiger partial charge on any atom is 0.268 e. The molecule has 38 heavy (non-hydrogen) atoms. The first kappa shape index (κ1) is 28.1. The molecule has 11 heteroatoms. The maximum absolute atomic E-state index is 13.1. The Balaban J connectivity index is 1.39. The fourth-order valence-corrected chi connectivity index (χ4v) is 6.15. The number of hydrogen-bond acceptors (Lipinski definition) is 5. The van der Waals surface area contributed by atoms with Gasteiger partial charge in [-0.05, 0) is 48.7 Å². The minimum Gasteiger partial charge on any atom is -0.374 e. The number of carbonyl (C=O) groups excluding carboxylic acids is 2. The van der Waals surface area contributed by atoms with Gasteiger partial charge in [-0.3, -0.25) is 9.59 Å². The molecule has 1 saturated heterocycles. The van der Waals surface area contributed by atoms with Crippen LogP contribution in [0.4, 0.5) is 0 Å². The van der Waals surface area contributed by atoms with E-state index in [1.807, 2.05) is 45.2 Å². The van der Waals surface area contributed by atoms with Crippen molar-refractivity contribution < 1.29 is 22.7 Å². The van der Waals surface area contributed by atoms with Crippen molar-refractivity contribution in [1.82, 2.24) is 19.5 Å². The number of benzene rings is 2. The quantitative estimate of drug-likeness (QED) is 0.418. The third-order valence-corrected chi connectivity index (χ3v) is 8.70. The van der Waals surface area contributed by atoms with Crippen LogP contribution in [-0.4, -0.2) is 67.5 Å². The monoisotopic (exact) mass is 560 g/mol. The summed E-state index contributed by atoms with van der Waals surface area (Å²) in [6.07, 6.45) is -0.0762. The smallest absolute Gasteiger partial charge is 0.268 e. The molecule has 2 N–H and O–H groups in total. The van der Waals surface area contributed by atoms with Crippen LogP contribution in [0.2, 0.25) is 5.02 Å². The van der Waals surface area contributed by atoms with Gasteiger partial charge in [0, 0.05) is 42.6 Å². The average molecular weight is 561 g/mol. The molecule has 2 atom stereocenters. The highest BCUT2D eigenvalue weighted by Crippen LogP contribution is 2.21. The number of hydrogen-bond donors (Lipinski definition) is 2. The molecule has 3 aromatic rings. The van der Waals surface area contributed by atoms with Crippen molar-refractivity contribution in [2.45, 2.75) is 37.3 Å². The highest BCUT2D eigenvalue weighted by molar-refractivity contribution is 7.89. The van der Waals surface area contributed by atoms with Crippen molar-refractivity contribution in [2.75, 3.05) is 26.2 Å². The second-order valence-corrected chi connectivity index (χ2v) is 12.2. The van der Waals surface area contributed by atoms with Gasteiger partial charge in [0.05, 0.1) is 17.6 Å². The molecule has 0 radical (unpaired) electrons. The Morgan fingerprint density at radius 2 is 1.84 bits per heavy atom. The van der Waals surface area contributed by atoms with E-state index in [2.05, 4.69) is 10.6 Å².